The fraction of sp³-hybridized carbons (Fsp3) is 0.143. The number of carbonyl (C=O) groups excluding carboxylic acids is 1. The number of hydrogen-bond donors (Lipinski definition) is 2. The first-order chi connectivity index (χ1) is 12.3. The van der Waals surface area contributed by atoms with Crippen molar-refractivity contribution in [2.24, 2.45) is 0 Å². The van der Waals surface area contributed by atoms with Gasteiger partial charge in [0.15, 0.2) is 0 Å². The molecule has 0 spiro atoms. The summed E-state index contributed by atoms with van der Waals surface area (Å²) < 4.78 is 0. The molecular weight excluding hydrogens is 310 g/mol. The molecule has 0 saturated heterocycles. The van der Waals surface area contributed by atoms with Crippen molar-refractivity contribution in [3.05, 3.63) is 89.7 Å². The van der Waals surface area contributed by atoms with Crippen LogP contribution in [-0.4, -0.2) is 10.9 Å². The van der Waals surface area contributed by atoms with Gasteiger partial charge in [-0.05, 0) is 29.7 Å². The predicted molar refractivity (Wildman–Crippen MR) is 102 cm³/mol. The van der Waals surface area contributed by atoms with Crippen LogP contribution in [0, 0.1) is 0 Å². The average molecular weight is 331 g/mol. The number of nitrogens with one attached hydrogen (secondary N) is 2. The number of hydrogen-bond acceptors (Lipinski definition) is 3. The lowest BCUT2D eigenvalue weighted by Gasteiger charge is -2.11. The number of anilines is 2. The minimum Gasteiger partial charge on any atom is -0.380 e. The predicted octanol–water partition coefficient (Wildman–Crippen LogP) is 4.51. The zero-order valence-corrected chi connectivity index (χ0v) is 14.2. The van der Waals surface area contributed by atoms with E-state index in [1.54, 1.807) is 12.4 Å². The van der Waals surface area contributed by atoms with E-state index in [0.29, 0.717) is 12.1 Å². The number of rotatable bonds is 6. The van der Waals surface area contributed by atoms with Crippen molar-refractivity contribution in [3.8, 4) is 0 Å². The molecule has 1 amide bonds. The van der Waals surface area contributed by atoms with Gasteiger partial charge >= 0.3 is 0 Å². The number of carbonyl (C=O) groups is 1. The van der Waals surface area contributed by atoms with E-state index in [0.717, 1.165) is 23.4 Å². The number of nitrogens with zero attached hydrogens (tertiary/aromatic N) is 1. The average Bonchev–Trinajstić information content (AvgIpc) is 2.68. The summed E-state index contributed by atoms with van der Waals surface area (Å²) in [6, 6.07) is 19.8. The smallest absolute Gasteiger partial charge is 0.257 e. The Hall–Kier alpha value is -3.14. The van der Waals surface area contributed by atoms with Crippen LogP contribution in [0.2, 0.25) is 0 Å². The van der Waals surface area contributed by atoms with Crippen LogP contribution >= 0.6 is 0 Å². The summed E-state index contributed by atoms with van der Waals surface area (Å²) in [4.78, 5) is 16.7. The van der Waals surface area contributed by atoms with E-state index >= 15 is 0 Å². The number of pyridine rings is 1. The molecule has 4 nitrogen and oxygen atoms in total. The maximum absolute atomic E-state index is 12.5. The standard InChI is InChI=1S/C21H21N3O/c1-2-17-10-6-7-11-20(17)24-21(25)18-12-19(15-22-14-18)23-13-16-8-4-3-5-9-16/h3-12,14-15,23H,2,13H2,1H3,(H,24,25). The zero-order chi connectivity index (χ0) is 17.5. The third kappa shape index (κ3) is 4.44. The summed E-state index contributed by atoms with van der Waals surface area (Å²) >= 11 is 0. The fourth-order valence-corrected chi connectivity index (χ4v) is 2.61. The van der Waals surface area contributed by atoms with Gasteiger partial charge in [0.25, 0.3) is 5.91 Å². The summed E-state index contributed by atoms with van der Waals surface area (Å²) in [6.45, 7) is 2.76. The first-order valence-electron chi connectivity index (χ1n) is 8.38. The Kier molecular flexibility index (Phi) is 5.42. The van der Waals surface area contributed by atoms with Crippen LogP contribution in [0.15, 0.2) is 73.1 Å². The first-order valence-corrected chi connectivity index (χ1v) is 8.38. The third-order valence-electron chi connectivity index (χ3n) is 3.99. The van der Waals surface area contributed by atoms with Crippen molar-refractivity contribution in [2.45, 2.75) is 19.9 Å². The zero-order valence-electron chi connectivity index (χ0n) is 14.2. The highest BCUT2D eigenvalue weighted by atomic mass is 16.1. The van der Waals surface area contributed by atoms with E-state index < -0.39 is 0 Å². The quantitative estimate of drug-likeness (QED) is 0.699. The molecule has 0 aliphatic rings. The molecule has 0 aliphatic heterocycles. The van der Waals surface area contributed by atoms with Gasteiger partial charge in [-0.25, -0.2) is 0 Å². The lowest BCUT2D eigenvalue weighted by molar-refractivity contribution is 0.102. The Morgan fingerprint density at radius 2 is 1.76 bits per heavy atom. The molecule has 1 heterocycles. The second-order valence-electron chi connectivity index (χ2n) is 5.77. The first kappa shape index (κ1) is 16.7. The van der Waals surface area contributed by atoms with Crippen LogP contribution in [0.3, 0.4) is 0 Å². The number of benzene rings is 2. The minimum absolute atomic E-state index is 0.156. The van der Waals surface area contributed by atoms with Crippen LogP contribution in [-0.2, 0) is 13.0 Å². The second-order valence-corrected chi connectivity index (χ2v) is 5.77. The summed E-state index contributed by atoms with van der Waals surface area (Å²) in [5.41, 5.74) is 4.48. The van der Waals surface area contributed by atoms with E-state index in [1.165, 1.54) is 5.56 Å². The summed E-state index contributed by atoms with van der Waals surface area (Å²) in [5, 5.41) is 6.27. The van der Waals surface area contributed by atoms with Crippen molar-refractivity contribution in [1.29, 1.82) is 0 Å². The molecule has 0 atom stereocenters. The molecule has 0 aliphatic carbocycles. The number of para-hydroxylation sites is 1. The van der Waals surface area contributed by atoms with Crippen LogP contribution in [0.25, 0.3) is 0 Å². The molecular formula is C21H21N3O. The van der Waals surface area contributed by atoms with E-state index in [2.05, 4.69) is 34.7 Å². The Labute approximate surface area is 147 Å². The van der Waals surface area contributed by atoms with Gasteiger partial charge in [0.2, 0.25) is 0 Å². The monoisotopic (exact) mass is 331 g/mol. The number of amides is 1. The van der Waals surface area contributed by atoms with Gasteiger partial charge in [-0.1, -0.05) is 55.5 Å². The number of aryl methyl sites for hydroxylation is 1. The summed E-state index contributed by atoms with van der Waals surface area (Å²) in [7, 11) is 0. The molecule has 4 heteroatoms. The Morgan fingerprint density at radius 1 is 1.00 bits per heavy atom. The highest BCUT2D eigenvalue weighted by Crippen LogP contribution is 2.17. The van der Waals surface area contributed by atoms with Crippen LogP contribution < -0.4 is 10.6 Å². The highest BCUT2D eigenvalue weighted by molar-refractivity contribution is 6.04. The molecule has 126 valence electrons. The van der Waals surface area contributed by atoms with Crippen molar-refractivity contribution < 1.29 is 4.79 Å². The third-order valence-corrected chi connectivity index (χ3v) is 3.99. The van der Waals surface area contributed by atoms with Gasteiger partial charge < -0.3 is 10.6 Å². The lowest BCUT2D eigenvalue weighted by atomic mass is 10.1. The second kappa shape index (κ2) is 8.11. The van der Waals surface area contributed by atoms with Gasteiger partial charge in [0, 0.05) is 24.6 Å². The largest absolute Gasteiger partial charge is 0.380 e. The van der Waals surface area contributed by atoms with Gasteiger partial charge in [-0.15, -0.1) is 0 Å². The van der Waals surface area contributed by atoms with Gasteiger partial charge in [0.05, 0.1) is 11.3 Å². The molecule has 3 aromatic rings. The molecule has 25 heavy (non-hydrogen) atoms. The normalized spacial score (nSPS) is 10.3. The van der Waals surface area contributed by atoms with Crippen LogP contribution in [0.1, 0.15) is 28.4 Å². The van der Waals surface area contributed by atoms with E-state index in [1.807, 2.05) is 48.5 Å². The van der Waals surface area contributed by atoms with Crippen LogP contribution in [0.5, 0.6) is 0 Å². The van der Waals surface area contributed by atoms with E-state index in [4.69, 9.17) is 0 Å². The highest BCUT2D eigenvalue weighted by Gasteiger charge is 2.09. The Bertz CT molecular complexity index is 847. The van der Waals surface area contributed by atoms with Crippen LogP contribution in [0.4, 0.5) is 11.4 Å². The van der Waals surface area contributed by atoms with Crippen molar-refractivity contribution in [2.75, 3.05) is 10.6 Å². The number of aromatic nitrogens is 1. The molecule has 0 bridgehead atoms. The lowest BCUT2D eigenvalue weighted by Crippen LogP contribution is -2.14. The molecule has 0 radical (unpaired) electrons. The van der Waals surface area contributed by atoms with Crippen molar-refractivity contribution in [1.82, 2.24) is 4.98 Å². The Balaban J connectivity index is 1.69. The molecule has 1 aromatic heterocycles. The van der Waals surface area contributed by atoms with E-state index in [9.17, 15) is 4.79 Å². The molecule has 3 rings (SSSR count). The summed E-state index contributed by atoms with van der Waals surface area (Å²) in [6.07, 6.45) is 4.17. The topological polar surface area (TPSA) is 54.0 Å². The van der Waals surface area contributed by atoms with Gasteiger partial charge in [0.1, 0.15) is 0 Å². The maximum atomic E-state index is 12.5. The fourth-order valence-electron chi connectivity index (χ4n) is 2.61. The molecule has 0 saturated carbocycles. The minimum atomic E-state index is -0.156. The maximum Gasteiger partial charge on any atom is 0.257 e. The summed E-state index contributed by atoms with van der Waals surface area (Å²) in [5.74, 6) is -0.156. The molecule has 2 N–H and O–H groups in total. The van der Waals surface area contributed by atoms with Gasteiger partial charge in [-0.3, -0.25) is 9.78 Å². The van der Waals surface area contributed by atoms with Crippen molar-refractivity contribution in [3.63, 3.8) is 0 Å². The van der Waals surface area contributed by atoms with Gasteiger partial charge in [-0.2, -0.15) is 0 Å². The van der Waals surface area contributed by atoms with E-state index in [-0.39, 0.29) is 5.91 Å². The SMILES string of the molecule is CCc1ccccc1NC(=O)c1cncc(NCc2ccccc2)c1. The molecule has 0 fully saturated rings. The molecule has 2 aromatic carbocycles. The van der Waals surface area contributed by atoms with Crippen molar-refractivity contribution >= 4 is 17.3 Å². The Morgan fingerprint density at radius 3 is 2.56 bits per heavy atom. The molecule has 0 unspecified atom stereocenters.